The van der Waals surface area contributed by atoms with Crippen LogP contribution in [0.3, 0.4) is 0 Å². The third-order valence-electron chi connectivity index (χ3n) is 2.69. The highest BCUT2D eigenvalue weighted by molar-refractivity contribution is 5.86. The van der Waals surface area contributed by atoms with Crippen molar-refractivity contribution in [1.29, 1.82) is 0 Å². The number of nitrogens with one attached hydrogen (secondary N) is 3. The Bertz CT molecular complexity index is 234. The Morgan fingerprint density at radius 1 is 1.28 bits per heavy atom. The first-order chi connectivity index (χ1) is 8.64. The number of rotatable bonds is 11. The summed E-state index contributed by atoms with van der Waals surface area (Å²) in [6.07, 6.45) is 2.83. The van der Waals surface area contributed by atoms with E-state index in [1.54, 1.807) is 21.3 Å². The van der Waals surface area contributed by atoms with E-state index in [2.05, 4.69) is 22.5 Å². The normalized spacial score (nSPS) is 11.3. The number of carbonyl (C=O) groups is 1. The van der Waals surface area contributed by atoms with Crippen molar-refractivity contribution in [2.75, 3.05) is 40.9 Å². The van der Waals surface area contributed by atoms with Crippen molar-refractivity contribution < 1.29 is 14.3 Å². The average Bonchev–Trinajstić information content (AvgIpc) is 2.42. The second-order valence-corrected chi connectivity index (χ2v) is 3.76. The lowest BCUT2D eigenvalue weighted by atomic mass is 10.3. The van der Waals surface area contributed by atoms with E-state index in [4.69, 9.17) is 9.47 Å². The summed E-state index contributed by atoms with van der Waals surface area (Å²) in [5.41, 5.74) is 0. The van der Waals surface area contributed by atoms with Crippen LogP contribution in [0.5, 0.6) is 0 Å². The molecular formula is C12H25N3O3. The maximum absolute atomic E-state index is 10.9. The molecular weight excluding hydrogens is 234 g/mol. The van der Waals surface area contributed by atoms with Gasteiger partial charge in [-0.25, -0.2) is 0 Å². The molecule has 6 heteroatoms. The minimum Gasteiger partial charge on any atom is -0.353 e. The van der Waals surface area contributed by atoms with Crippen molar-refractivity contribution in [1.82, 2.24) is 16.0 Å². The van der Waals surface area contributed by atoms with Crippen molar-refractivity contribution in [2.45, 2.75) is 18.8 Å². The molecule has 6 nitrogen and oxygen atoms in total. The smallest absolute Gasteiger partial charge is 0.243 e. The molecule has 0 saturated heterocycles. The highest BCUT2D eigenvalue weighted by Gasteiger charge is 2.26. The van der Waals surface area contributed by atoms with Gasteiger partial charge in [0.1, 0.15) is 0 Å². The molecule has 0 aromatic carbocycles. The molecule has 0 saturated carbocycles. The molecule has 18 heavy (non-hydrogen) atoms. The lowest BCUT2D eigenvalue weighted by Crippen LogP contribution is -2.48. The van der Waals surface area contributed by atoms with Gasteiger partial charge in [-0.05, 0) is 26.1 Å². The third kappa shape index (κ3) is 6.70. The van der Waals surface area contributed by atoms with Crippen LogP contribution in [0.15, 0.2) is 12.7 Å². The number of methoxy groups -OCH3 is 2. The summed E-state index contributed by atoms with van der Waals surface area (Å²) in [6.45, 7) is 5.61. The molecule has 0 atom stereocenters. The number of amides is 1. The molecule has 0 aliphatic heterocycles. The van der Waals surface area contributed by atoms with Crippen molar-refractivity contribution in [3.05, 3.63) is 12.7 Å². The van der Waals surface area contributed by atoms with Gasteiger partial charge in [-0.3, -0.25) is 10.1 Å². The van der Waals surface area contributed by atoms with E-state index < -0.39 is 5.91 Å². The minimum absolute atomic E-state index is 0.136. The predicted molar refractivity (Wildman–Crippen MR) is 71.1 cm³/mol. The van der Waals surface area contributed by atoms with Crippen LogP contribution in [0, 0.1) is 0 Å². The number of carbonyl (C=O) groups excluding carboxylic acids is 1. The van der Waals surface area contributed by atoms with Crippen molar-refractivity contribution in [3.63, 3.8) is 0 Å². The standard InChI is InChI=1S/C12H25N3O3/c1-5-11(16)15-9-6-8-14-10-7-12(13-2,17-3)18-4/h5,13-14H,1,6-10H2,2-4H3,(H,15,16). The fourth-order valence-corrected chi connectivity index (χ4v) is 1.49. The SMILES string of the molecule is C=CC(=O)NCCCNCCC(NC)(OC)OC. The van der Waals surface area contributed by atoms with Crippen LogP contribution in [-0.4, -0.2) is 52.7 Å². The topological polar surface area (TPSA) is 71.6 Å². The lowest BCUT2D eigenvalue weighted by molar-refractivity contribution is -0.227. The summed E-state index contributed by atoms with van der Waals surface area (Å²) in [5.74, 6) is -0.868. The number of ether oxygens (including phenoxy) is 2. The van der Waals surface area contributed by atoms with E-state index in [1.807, 2.05) is 0 Å². The Kier molecular flexibility index (Phi) is 9.49. The van der Waals surface area contributed by atoms with Gasteiger partial charge < -0.3 is 20.1 Å². The van der Waals surface area contributed by atoms with Crippen molar-refractivity contribution in [2.24, 2.45) is 0 Å². The van der Waals surface area contributed by atoms with E-state index in [1.165, 1.54) is 6.08 Å². The molecule has 106 valence electrons. The first kappa shape index (κ1) is 17.1. The van der Waals surface area contributed by atoms with Crippen LogP contribution in [0.4, 0.5) is 0 Å². The zero-order valence-corrected chi connectivity index (χ0v) is 11.5. The molecule has 0 spiro atoms. The van der Waals surface area contributed by atoms with Gasteiger partial charge in [0, 0.05) is 33.7 Å². The predicted octanol–water partition coefficient (Wildman–Crippen LogP) is -0.176. The Labute approximate surface area is 109 Å². The van der Waals surface area contributed by atoms with E-state index in [-0.39, 0.29) is 5.91 Å². The number of hydrogen-bond acceptors (Lipinski definition) is 5. The quantitative estimate of drug-likeness (QED) is 0.273. The Morgan fingerprint density at radius 2 is 1.94 bits per heavy atom. The fourth-order valence-electron chi connectivity index (χ4n) is 1.49. The zero-order valence-electron chi connectivity index (χ0n) is 11.5. The molecule has 3 N–H and O–H groups in total. The highest BCUT2D eigenvalue weighted by atomic mass is 16.7. The minimum atomic E-state index is -0.732. The van der Waals surface area contributed by atoms with Gasteiger partial charge in [0.05, 0.1) is 0 Å². The fraction of sp³-hybridized carbons (Fsp3) is 0.750. The van der Waals surface area contributed by atoms with Gasteiger partial charge in [-0.2, -0.15) is 0 Å². The lowest BCUT2D eigenvalue weighted by Gasteiger charge is -2.30. The summed E-state index contributed by atoms with van der Waals surface area (Å²) in [6, 6.07) is 0. The van der Waals surface area contributed by atoms with E-state index in [0.717, 1.165) is 19.5 Å². The van der Waals surface area contributed by atoms with Crippen LogP contribution in [0.1, 0.15) is 12.8 Å². The molecule has 0 aliphatic rings. The average molecular weight is 259 g/mol. The van der Waals surface area contributed by atoms with Gasteiger partial charge in [-0.1, -0.05) is 6.58 Å². The zero-order chi connectivity index (χ0) is 13.9. The summed E-state index contributed by atoms with van der Waals surface area (Å²) < 4.78 is 10.5. The molecule has 0 rings (SSSR count). The van der Waals surface area contributed by atoms with Crippen molar-refractivity contribution in [3.8, 4) is 0 Å². The summed E-state index contributed by atoms with van der Waals surface area (Å²) in [5, 5.41) is 8.96. The molecule has 0 bridgehead atoms. The van der Waals surface area contributed by atoms with Gasteiger partial charge in [-0.15, -0.1) is 0 Å². The molecule has 1 amide bonds. The summed E-state index contributed by atoms with van der Waals surface area (Å²) in [4.78, 5) is 10.9. The maximum atomic E-state index is 10.9. The Balaban J connectivity index is 3.55. The first-order valence-electron chi connectivity index (χ1n) is 6.04. The molecule has 0 aliphatic carbocycles. The molecule has 0 radical (unpaired) electrons. The van der Waals surface area contributed by atoms with Crippen LogP contribution < -0.4 is 16.0 Å². The van der Waals surface area contributed by atoms with Crippen LogP contribution in [0.2, 0.25) is 0 Å². The molecule has 0 aromatic rings. The van der Waals surface area contributed by atoms with Crippen LogP contribution in [0.25, 0.3) is 0 Å². The van der Waals surface area contributed by atoms with E-state index in [0.29, 0.717) is 13.0 Å². The van der Waals surface area contributed by atoms with Gasteiger partial charge in [0.25, 0.3) is 0 Å². The largest absolute Gasteiger partial charge is 0.353 e. The molecule has 0 unspecified atom stereocenters. The summed E-state index contributed by atoms with van der Waals surface area (Å²) in [7, 11) is 4.99. The number of hydrogen-bond donors (Lipinski definition) is 3. The highest BCUT2D eigenvalue weighted by Crippen LogP contribution is 2.10. The molecule has 0 aromatic heterocycles. The first-order valence-corrected chi connectivity index (χ1v) is 6.04. The van der Waals surface area contributed by atoms with Crippen molar-refractivity contribution >= 4 is 5.91 Å². The molecule has 0 heterocycles. The van der Waals surface area contributed by atoms with Gasteiger partial charge in [0.2, 0.25) is 11.8 Å². The monoisotopic (exact) mass is 259 g/mol. The Morgan fingerprint density at radius 3 is 2.44 bits per heavy atom. The van der Waals surface area contributed by atoms with Crippen LogP contribution in [-0.2, 0) is 14.3 Å². The third-order valence-corrected chi connectivity index (χ3v) is 2.69. The van der Waals surface area contributed by atoms with Crippen LogP contribution >= 0.6 is 0 Å². The summed E-state index contributed by atoms with van der Waals surface area (Å²) >= 11 is 0. The molecule has 0 fully saturated rings. The van der Waals surface area contributed by atoms with Gasteiger partial charge >= 0.3 is 0 Å². The Hall–Kier alpha value is -0.950. The second kappa shape index (κ2) is 10.0. The van der Waals surface area contributed by atoms with E-state index in [9.17, 15) is 4.79 Å². The maximum Gasteiger partial charge on any atom is 0.243 e. The second-order valence-electron chi connectivity index (χ2n) is 3.76. The van der Waals surface area contributed by atoms with E-state index >= 15 is 0 Å². The van der Waals surface area contributed by atoms with Gasteiger partial charge in [0.15, 0.2) is 0 Å².